The molecule has 7 heteroatoms. The van der Waals surface area contributed by atoms with Gasteiger partial charge in [-0.3, -0.25) is 9.59 Å². The van der Waals surface area contributed by atoms with Crippen molar-refractivity contribution in [2.24, 2.45) is 0 Å². The van der Waals surface area contributed by atoms with E-state index < -0.39 is 17.5 Å². The van der Waals surface area contributed by atoms with Crippen molar-refractivity contribution in [3.63, 3.8) is 0 Å². The quantitative estimate of drug-likeness (QED) is 0.468. The molecule has 0 unspecified atom stereocenters. The lowest BCUT2D eigenvalue weighted by Gasteiger charge is -2.12. The molecular weight excluding hydrogens is 384 g/mol. The van der Waals surface area contributed by atoms with Gasteiger partial charge in [-0.1, -0.05) is 30.3 Å². The molecule has 0 spiro atoms. The number of esters is 1. The molecule has 7 nitrogen and oxygen atoms in total. The Hall–Kier alpha value is -3.92. The number of rotatable bonds is 7. The summed E-state index contributed by atoms with van der Waals surface area (Å²) in [7, 11) is 1.57. The number of aromatic nitrogens is 1. The van der Waals surface area contributed by atoms with Crippen LogP contribution < -0.4 is 4.74 Å². The molecule has 0 saturated heterocycles. The van der Waals surface area contributed by atoms with Crippen molar-refractivity contribution in [1.82, 2.24) is 4.98 Å². The highest BCUT2D eigenvalue weighted by atomic mass is 16.5. The number of ether oxygens (including phenoxy) is 2. The van der Waals surface area contributed by atoms with Crippen molar-refractivity contribution < 1.29 is 24.2 Å². The van der Waals surface area contributed by atoms with Gasteiger partial charge in [-0.15, -0.1) is 0 Å². The normalized spacial score (nSPS) is 10.4. The van der Waals surface area contributed by atoms with E-state index in [0.717, 1.165) is 5.56 Å². The van der Waals surface area contributed by atoms with E-state index in [1.807, 2.05) is 24.3 Å². The summed E-state index contributed by atoms with van der Waals surface area (Å²) in [5.74, 6) is -0.836. The molecule has 3 aromatic rings. The van der Waals surface area contributed by atoms with Crippen LogP contribution >= 0.6 is 0 Å². The summed E-state index contributed by atoms with van der Waals surface area (Å²) in [4.78, 5) is 28.6. The van der Waals surface area contributed by atoms with E-state index >= 15 is 0 Å². The average molecular weight is 404 g/mol. The van der Waals surface area contributed by atoms with Crippen molar-refractivity contribution in [2.75, 3.05) is 13.7 Å². The maximum atomic E-state index is 12.7. The number of para-hydroxylation sites is 1. The van der Waals surface area contributed by atoms with Gasteiger partial charge in [0, 0.05) is 17.4 Å². The number of carbonyl (C=O) groups is 2. The maximum Gasteiger partial charge on any atom is 0.306 e. The van der Waals surface area contributed by atoms with E-state index in [4.69, 9.17) is 9.47 Å². The van der Waals surface area contributed by atoms with Gasteiger partial charge >= 0.3 is 5.97 Å². The van der Waals surface area contributed by atoms with Crippen LogP contribution in [0.4, 0.5) is 0 Å². The van der Waals surface area contributed by atoms with Crippen LogP contribution in [0.3, 0.4) is 0 Å². The summed E-state index contributed by atoms with van der Waals surface area (Å²) < 4.78 is 10.0. The summed E-state index contributed by atoms with van der Waals surface area (Å²) in [6, 6.07) is 14.5. The smallest absolute Gasteiger partial charge is 0.306 e. The Balaban J connectivity index is 2.11. The second kappa shape index (κ2) is 9.05. The van der Waals surface area contributed by atoms with Gasteiger partial charge in [-0.2, -0.15) is 5.26 Å². The Kier molecular flexibility index (Phi) is 6.28. The number of nitriles is 1. The molecule has 0 aliphatic heterocycles. The monoisotopic (exact) mass is 404 g/mol. The zero-order valence-corrected chi connectivity index (χ0v) is 16.6. The van der Waals surface area contributed by atoms with E-state index in [1.54, 1.807) is 38.3 Å². The molecule has 0 saturated carbocycles. The fourth-order valence-electron chi connectivity index (χ4n) is 3.15. The highest BCUT2D eigenvalue weighted by Gasteiger charge is 2.22. The first-order chi connectivity index (χ1) is 14.5. The molecule has 152 valence electrons. The van der Waals surface area contributed by atoms with Crippen LogP contribution in [-0.4, -0.2) is 35.6 Å². The SMILES string of the molecule is CCOC(=O)CCC(=O)c1nc2c(-c3ccc(OC)cc3)cccc2c(C#N)c1O. The van der Waals surface area contributed by atoms with Crippen LogP contribution in [0, 0.1) is 11.3 Å². The van der Waals surface area contributed by atoms with Crippen LogP contribution in [0.25, 0.3) is 22.0 Å². The van der Waals surface area contributed by atoms with Crippen LogP contribution in [0.2, 0.25) is 0 Å². The Morgan fingerprint density at radius 3 is 2.50 bits per heavy atom. The zero-order chi connectivity index (χ0) is 21.7. The van der Waals surface area contributed by atoms with Gasteiger partial charge in [-0.25, -0.2) is 4.98 Å². The number of fused-ring (bicyclic) bond motifs is 1. The number of nitrogens with zero attached hydrogens (tertiary/aromatic N) is 2. The van der Waals surface area contributed by atoms with Crippen molar-refractivity contribution >= 4 is 22.7 Å². The number of methoxy groups -OCH3 is 1. The number of hydrogen-bond acceptors (Lipinski definition) is 7. The molecule has 3 rings (SSSR count). The minimum absolute atomic E-state index is 0.0325. The number of hydrogen-bond donors (Lipinski definition) is 1. The first-order valence-electron chi connectivity index (χ1n) is 9.39. The van der Waals surface area contributed by atoms with Gasteiger partial charge in [0.15, 0.2) is 11.5 Å². The van der Waals surface area contributed by atoms with E-state index in [9.17, 15) is 20.0 Å². The third kappa shape index (κ3) is 4.08. The van der Waals surface area contributed by atoms with Crippen LogP contribution in [-0.2, 0) is 9.53 Å². The lowest BCUT2D eigenvalue weighted by atomic mass is 9.97. The molecular formula is C23H20N2O5. The highest BCUT2D eigenvalue weighted by Crippen LogP contribution is 2.35. The molecule has 0 aliphatic rings. The number of pyridine rings is 1. The molecule has 2 aromatic carbocycles. The third-order valence-electron chi connectivity index (χ3n) is 4.63. The first-order valence-corrected chi connectivity index (χ1v) is 9.39. The Morgan fingerprint density at radius 2 is 1.87 bits per heavy atom. The summed E-state index contributed by atoms with van der Waals surface area (Å²) in [6.07, 6.45) is -0.311. The molecule has 0 fully saturated rings. The lowest BCUT2D eigenvalue weighted by Crippen LogP contribution is -2.10. The molecule has 1 aromatic heterocycles. The Morgan fingerprint density at radius 1 is 1.13 bits per heavy atom. The minimum atomic E-state index is -0.538. The molecule has 0 atom stereocenters. The van der Waals surface area contributed by atoms with Gasteiger partial charge in [-0.05, 0) is 24.6 Å². The Labute approximate surface area is 173 Å². The van der Waals surface area contributed by atoms with Gasteiger partial charge in [0.1, 0.15) is 23.1 Å². The van der Waals surface area contributed by atoms with Crippen LogP contribution in [0.15, 0.2) is 42.5 Å². The molecule has 0 aliphatic carbocycles. The standard InChI is InChI=1S/C23H20N2O5/c1-3-30-20(27)12-11-19(26)22-23(28)18(13-24)17-6-4-5-16(21(17)25-22)14-7-9-15(29-2)10-8-14/h4-10,28H,3,11-12H2,1-2H3. The van der Waals surface area contributed by atoms with Crippen molar-refractivity contribution in [3.8, 4) is 28.7 Å². The lowest BCUT2D eigenvalue weighted by molar-refractivity contribution is -0.143. The number of benzene rings is 2. The third-order valence-corrected chi connectivity index (χ3v) is 4.63. The molecule has 30 heavy (non-hydrogen) atoms. The molecule has 1 heterocycles. The van der Waals surface area contributed by atoms with Gasteiger partial charge in [0.05, 0.1) is 25.7 Å². The molecule has 0 radical (unpaired) electrons. The first kappa shape index (κ1) is 20.8. The molecule has 0 bridgehead atoms. The van der Waals surface area contributed by atoms with E-state index in [0.29, 0.717) is 22.2 Å². The van der Waals surface area contributed by atoms with Crippen LogP contribution in [0.5, 0.6) is 11.5 Å². The summed E-state index contributed by atoms with van der Waals surface area (Å²) in [6.45, 7) is 1.90. The zero-order valence-electron chi connectivity index (χ0n) is 16.6. The maximum absolute atomic E-state index is 12.7. The topological polar surface area (TPSA) is 110 Å². The fraction of sp³-hybridized carbons (Fsp3) is 0.217. The Bertz CT molecular complexity index is 1150. The van der Waals surface area contributed by atoms with E-state index in [-0.39, 0.29) is 30.7 Å². The van der Waals surface area contributed by atoms with Crippen molar-refractivity contribution in [2.45, 2.75) is 19.8 Å². The number of ketones is 1. The second-order valence-electron chi connectivity index (χ2n) is 6.45. The summed E-state index contributed by atoms with van der Waals surface area (Å²) >= 11 is 0. The van der Waals surface area contributed by atoms with Crippen LogP contribution in [0.1, 0.15) is 35.8 Å². The predicted octanol–water partition coefficient (Wildman–Crippen LogP) is 4.01. The van der Waals surface area contributed by atoms with E-state index in [2.05, 4.69) is 4.98 Å². The van der Waals surface area contributed by atoms with Gasteiger partial charge in [0.2, 0.25) is 0 Å². The minimum Gasteiger partial charge on any atom is -0.504 e. The second-order valence-corrected chi connectivity index (χ2v) is 6.45. The number of aromatic hydroxyl groups is 1. The summed E-state index contributed by atoms with van der Waals surface area (Å²) in [5.41, 5.74) is 1.66. The summed E-state index contributed by atoms with van der Waals surface area (Å²) in [5, 5.41) is 20.6. The van der Waals surface area contributed by atoms with Crippen molar-refractivity contribution in [1.29, 1.82) is 5.26 Å². The predicted molar refractivity (Wildman–Crippen MR) is 110 cm³/mol. The average Bonchev–Trinajstić information content (AvgIpc) is 2.77. The number of carbonyl (C=O) groups excluding carboxylic acids is 2. The molecule has 0 amide bonds. The van der Waals surface area contributed by atoms with Gasteiger partial charge in [0.25, 0.3) is 0 Å². The molecule has 1 N–H and O–H groups in total. The number of Topliss-reactive ketones (excluding diaryl/α,β-unsaturated/α-hetero) is 1. The largest absolute Gasteiger partial charge is 0.504 e. The fourth-order valence-corrected chi connectivity index (χ4v) is 3.15. The van der Waals surface area contributed by atoms with E-state index in [1.165, 1.54) is 0 Å². The van der Waals surface area contributed by atoms with Crippen molar-refractivity contribution in [3.05, 3.63) is 53.7 Å². The van der Waals surface area contributed by atoms with Gasteiger partial charge < -0.3 is 14.6 Å². The highest BCUT2D eigenvalue weighted by molar-refractivity contribution is 6.05.